The molecular weight excluding hydrogens is 358 g/mol. The molecule has 1 aromatic carbocycles. The molecule has 28 heavy (non-hydrogen) atoms. The van der Waals surface area contributed by atoms with E-state index in [4.69, 9.17) is 0 Å². The van der Waals surface area contributed by atoms with Crippen molar-refractivity contribution >= 4 is 11.8 Å². The van der Waals surface area contributed by atoms with Crippen molar-refractivity contribution < 1.29 is 9.59 Å². The average Bonchev–Trinajstić information content (AvgIpc) is 3.36. The van der Waals surface area contributed by atoms with Crippen LogP contribution in [0.2, 0.25) is 0 Å². The number of imidazole rings is 1. The van der Waals surface area contributed by atoms with Crippen molar-refractivity contribution in [3.63, 3.8) is 0 Å². The molecule has 1 aliphatic heterocycles. The van der Waals surface area contributed by atoms with Crippen LogP contribution in [0.5, 0.6) is 0 Å². The van der Waals surface area contributed by atoms with Crippen LogP contribution in [0.4, 0.5) is 0 Å². The van der Waals surface area contributed by atoms with Gasteiger partial charge in [-0.3, -0.25) is 14.2 Å². The first-order chi connectivity index (χ1) is 13.6. The Morgan fingerprint density at radius 3 is 2.82 bits per heavy atom. The normalized spacial score (nSPS) is 16.1. The predicted molar refractivity (Wildman–Crippen MR) is 101 cm³/mol. The molecule has 0 radical (unpaired) electrons. The van der Waals surface area contributed by atoms with E-state index in [1.54, 1.807) is 16.5 Å². The largest absolute Gasteiger partial charge is 0.354 e. The maximum absolute atomic E-state index is 12.9. The molecule has 3 heterocycles. The van der Waals surface area contributed by atoms with Gasteiger partial charge in [0.1, 0.15) is 17.4 Å². The number of fused-ring (bicyclic) bond motifs is 1. The van der Waals surface area contributed by atoms with Crippen LogP contribution in [0.1, 0.15) is 34.8 Å². The van der Waals surface area contributed by atoms with Gasteiger partial charge in [0.05, 0.1) is 12.9 Å². The molecule has 9 heteroatoms. The number of carbonyl (C=O) groups excluding carboxylic acids is 2. The Labute approximate surface area is 161 Å². The van der Waals surface area contributed by atoms with Crippen LogP contribution in [0.3, 0.4) is 0 Å². The van der Waals surface area contributed by atoms with E-state index in [0.717, 1.165) is 6.42 Å². The summed E-state index contributed by atoms with van der Waals surface area (Å²) in [7, 11) is 1.54. The van der Waals surface area contributed by atoms with Gasteiger partial charge in [-0.15, -0.1) is 10.2 Å². The molecule has 3 aromatic rings. The zero-order chi connectivity index (χ0) is 19.7. The number of nitrogens with one attached hydrogen (secondary N) is 2. The van der Waals surface area contributed by atoms with Crippen LogP contribution in [0.15, 0.2) is 36.7 Å². The quantitative estimate of drug-likeness (QED) is 0.692. The second-order valence-corrected chi connectivity index (χ2v) is 6.69. The molecule has 0 saturated heterocycles. The monoisotopic (exact) mass is 379 g/mol. The minimum atomic E-state index is -0.473. The predicted octanol–water partition coefficient (Wildman–Crippen LogP) is 1.17. The van der Waals surface area contributed by atoms with Gasteiger partial charge >= 0.3 is 0 Å². The van der Waals surface area contributed by atoms with Crippen LogP contribution in [-0.4, -0.2) is 55.0 Å². The summed E-state index contributed by atoms with van der Waals surface area (Å²) in [5.41, 5.74) is 1.86. The third kappa shape index (κ3) is 3.04. The summed E-state index contributed by atoms with van der Waals surface area (Å²) < 4.78 is 1.77. The summed E-state index contributed by atoms with van der Waals surface area (Å²) in [5.74, 6) is 0.796. The second-order valence-electron chi connectivity index (χ2n) is 6.69. The first kappa shape index (κ1) is 17.9. The molecule has 144 valence electrons. The Hall–Kier alpha value is -3.49. The Morgan fingerprint density at radius 2 is 2.07 bits per heavy atom. The molecule has 1 aliphatic rings. The molecule has 0 fully saturated rings. The number of nitrogens with zero attached hydrogens (tertiary/aromatic N) is 5. The highest BCUT2D eigenvalue weighted by Gasteiger charge is 2.34. The van der Waals surface area contributed by atoms with E-state index in [-0.39, 0.29) is 11.8 Å². The molecule has 0 bridgehead atoms. The smallest absolute Gasteiger partial charge is 0.269 e. The van der Waals surface area contributed by atoms with Crippen molar-refractivity contribution in [2.75, 3.05) is 13.6 Å². The van der Waals surface area contributed by atoms with Gasteiger partial charge in [0.2, 0.25) is 5.91 Å². The van der Waals surface area contributed by atoms with Gasteiger partial charge in [0, 0.05) is 13.6 Å². The fourth-order valence-electron chi connectivity index (χ4n) is 3.48. The lowest BCUT2D eigenvalue weighted by Gasteiger charge is -2.32. The third-order valence-corrected chi connectivity index (χ3v) is 4.97. The molecule has 0 saturated carbocycles. The van der Waals surface area contributed by atoms with Crippen molar-refractivity contribution in [1.82, 2.24) is 34.9 Å². The number of rotatable bonds is 5. The van der Waals surface area contributed by atoms with Crippen molar-refractivity contribution in [1.29, 1.82) is 0 Å². The average molecular weight is 379 g/mol. The number of aromatic nitrogens is 5. The van der Waals surface area contributed by atoms with E-state index in [2.05, 4.69) is 37.6 Å². The highest BCUT2D eigenvalue weighted by molar-refractivity contribution is 5.97. The standard InChI is InChI=1S/C19H21N7O2/c1-12-19(28)25(9-8-13-6-4-3-5-7-13)10-14-23-24-17(26(12)14)15-16(18(27)20-2)22-11-21-15/h3-7,11-12H,8-10H2,1-2H3,(H,20,27)(H,21,22)/t12-/m1/s1. The van der Waals surface area contributed by atoms with E-state index in [0.29, 0.717) is 36.1 Å². The molecular formula is C19H21N7O2. The fraction of sp³-hybridized carbons (Fsp3) is 0.316. The minimum absolute atomic E-state index is 0.00140. The number of aromatic amines is 1. The van der Waals surface area contributed by atoms with E-state index in [9.17, 15) is 9.59 Å². The summed E-state index contributed by atoms with van der Waals surface area (Å²) in [6.45, 7) is 2.81. The van der Waals surface area contributed by atoms with Gasteiger partial charge in [-0.25, -0.2) is 4.98 Å². The number of hydrogen-bond donors (Lipinski definition) is 2. The van der Waals surface area contributed by atoms with Crippen LogP contribution < -0.4 is 5.32 Å². The number of hydrogen-bond acceptors (Lipinski definition) is 5. The van der Waals surface area contributed by atoms with Crippen LogP contribution in [0.25, 0.3) is 11.5 Å². The summed E-state index contributed by atoms with van der Waals surface area (Å²) in [4.78, 5) is 33.9. The highest BCUT2D eigenvalue weighted by Crippen LogP contribution is 2.28. The topological polar surface area (TPSA) is 109 Å². The Balaban J connectivity index is 1.60. The van der Waals surface area contributed by atoms with Crippen molar-refractivity contribution in [3.8, 4) is 11.5 Å². The first-order valence-corrected chi connectivity index (χ1v) is 9.12. The van der Waals surface area contributed by atoms with Gasteiger partial charge in [-0.1, -0.05) is 30.3 Å². The number of H-pyrrole nitrogens is 1. The van der Waals surface area contributed by atoms with Gasteiger partial charge < -0.3 is 15.2 Å². The molecule has 2 aromatic heterocycles. The minimum Gasteiger partial charge on any atom is -0.354 e. The molecule has 1 atom stereocenters. The van der Waals surface area contributed by atoms with E-state index < -0.39 is 6.04 Å². The lowest BCUT2D eigenvalue weighted by molar-refractivity contribution is -0.136. The second kappa shape index (κ2) is 7.26. The number of amides is 2. The zero-order valence-corrected chi connectivity index (χ0v) is 15.7. The molecule has 2 amide bonds. The first-order valence-electron chi connectivity index (χ1n) is 9.12. The van der Waals surface area contributed by atoms with Gasteiger partial charge in [0.25, 0.3) is 5.91 Å². The summed E-state index contributed by atoms with van der Waals surface area (Å²) in [6, 6.07) is 9.59. The molecule has 0 unspecified atom stereocenters. The maximum Gasteiger partial charge on any atom is 0.269 e. The van der Waals surface area contributed by atoms with Crippen LogP contribution in [-0.2, 0) is 17.8 Å². The van der Waals surface area contributed by atoms with Crippen molar-refractivity contribution in [2.45, 2.75) is 25.9 Å². The maximum atomic E-state index is 12.9. The van der Waals surface area contributed by atoms with E-state index in [1.807, 2.05) is 25.1 Å². The van der Waals surface area contributed by atoms with Gasteiger partial charge in [-0.05, 0) is 18.9 Å². The van der Waals surface area contributed by atoms with Crippen LogP contribution in [0, 0.1) is 0 Å². The van der Waals surface area contributed by atoms with Gasteiger partial charge in [0.15, 0.2) is 11.6 Å². The third-order valence-electron chi connectivity index (χ3n) is 4.97. The molecule has 0 spiro atoms. The van der Waals surface area contributed by atoms with Crippen molar-refractivity contribution in [3.05, 3.63) is 53.7 Å². The zero-order valence-electron chi connectivity index (χ0n) is 15.7. The fourth-order valence-corrected chi connectivity index (χ4v) is 3.48. The molecule has 9 nitrogen and oxygen atoms in total. The number of carbonyl (C=O) groups is 2. The summed E-state index contributed by atoms with van der Waals surface area (Å²) in [6.07, 6.45) is 2.21. The van der Waals surface area contributed by atoms with E-state index >= 15 is 0 Å². The van der Waals surface area contributed by atoms with Gasteiger partial charge in [-0.2, -0.15) is 0 Å². The Morgan fingerprint density at radius 1 is 1.29 bits per heavy atom. The summed E-state index contributed by atoms with van der Waals surface area (Å²) in [5, 5.41) is 11.1. The lowest BCUT2D eigenvalue weighted by Crippen LogP contribution is -2.42. The van der Waals surface area contributed by atoms with Crippen LogP contribution >= 0.6 is 0 Å². The highest BCUT2D eigenvalue weighted by atomic mass is 16.2. The number of benzene rings is 1. The SMILES string of the molecule is CNC(=O)c1[nH]cnc1-c1nnc2n1[C@H](C)C(=O)N(CCc1ccccc1)C2. The molecule has 0 aliphatic carbocycles. The summed E-state index contributed by atoms with van der Waals surface area (Å²) >= 11 is 0. The Bertz CT molecular complexity index is 1010. The molecule has 4 rings (SSSR count). The molecule has 2 N–H and O–H groups in total. The lowest BCUT2D eigenvalue weighted by atomic mass is 10.1. The van der Waals surface area contributed by atoms with Crippen molar-refractivity contribution in [2.24, 2.45) is 0 Å². The Kier molecular flexibility index (Phi) is 4.64. The van der Waals surface area contributed by atoms with E-state index in [1.165, 1.54) is 11.9 Å².